The SMILES string of the molecule is COC[C@]12CC[C@@](C)(O)C[C@@H]1CC[C@H]1[C@@H]3CC[C@H](C(=O)Cn4ncc5cc(F)ccc54)[C@@]3(C)CC[C@@H]12. The Labute approximate surface area is 213 Å². The number of ether oxygens (including phenoxy) is 1. The maximum Gasteiger partial charge on any atom is 0.157 e. The van der Waals surface area contributed by atoms with Crippen LogP contribution in [0, 0.1) is 46.2 Å². The number of halogens is 1. The second-order valence-electron chi connectivity index (χ2n) is 13.2. The Morgan fingerprint density at radius 1 is 1.14 bits per heavy atom. The van der Waals surface area contributed by atoms with Crippen LogP contribution in [0.5, 0.6) is 0 Å². The number of benzene rings is 1. The number of nitrogens with zero attached hydrogens (tertiary/aromatic N) is 2. The largest absolute Gasteiger partial charge is 0.390 e. The summed E-state index contributed by atoms with van der Waals surface area (Å²) in [6.45, 7) is 5.47. The van der Waals surface area contributed by atoms with E-state index in [1.165, 1.54) is 25.0 Å². The summed E-state index contributed by atoms with van der Waals surface area (Å²) >= 11 is 0. The topological polar surface area (TPSA) is 64.3 Å². The number of Topliss-reactive ketones (excluding diaryl/α,β-unsaturated/α-hetero) is 1. The third kappa shape index (κ3) is 3.69. The molecule has 0 radical (unpaired) electrons. The Kier molecular flexibility index (Phi) is 5.88. The van der Waals surface area contributed by atoms with Gasteiger partial charge in [0, 0.05) is 18.4 Å². The first-order valence-corrected chi connectivity index (χ1v) is 14.0. The minimum Gasteiger partial charge on any atom is -0.390 e. The minimum atomic E-state index is -0.550. The first-order valence-electron chi connectivity index (χ1n) is 14.0. The van der Waals surface area contributed by atoms with Crippen molar-refractivity contribution in [3.63, 3.8) is 0 Å². The van der Waals surface area contributed by atoms with Crippen molar-refractivity contribution in [2.75, 3.05) is 13.7 Å². The normalized spacial score (nSPS) is 42.1. The summed E-state index contributed by atoms with van der Waals surface area (Å²) in [6.07, 6.45) is 11.2. The number of carbonyl (C=O) groups excluding carboxylic acids is 1. The standard InChI is InChI=1S/C30H41FN2O3/c1-28(35)12-13-30(18-36-3)20(15-28)4-6-22-23-7-8-25(29(23,2)11-10-24(22)30)27(34)17-33-26-9-5-21(31)14-19(26)16-32-33/h5,9,14,16,20,22-25,35H,4,6-8,10-13,15,17-18H2,1-3H3/t20-,22-,23-,24-,25+,28+,29-,30+/m0/s1. The average molecular weight is 497 g/mol. The number of fused-ring (bicyclic) bond motifs is 6. The summed E-state index contributed by atoms with van der Waals surface area (Å²) in [5, 5.41) is 16.0. The van der Waals surface area contributed by atoms with Crippen molar-refractivity contribution in [3.8, 4) is 0 Å². The van der Waals surface area contributed by atoms with Gasteiger partial charge in [0.2, 0.25) is 0 Å². The predicted molar refractivity (Wildman–Crippen MR) is 137 cm³/mol. The monoisotopic (exact) mass is 496 g/mol. The van der Waals surface area contributed by atoms with E-state index in [1.807, 2.05) is 14.0 Å². The smallest absolute Gasteiger partial charge is 0.157 e. The van der Waals surface area contributed by atoms with Gasteiger partial charge in [0.1, 0.15) is 12.4 Å². The molecule has 36 heavy (non-hydrogen) atoms. The number of hydrogen-bond donors (Lipinski definition) is 1. The lowest BCUT2D eigenvalue weighted by Crippen LogP contribution is -2.58. The van der Waals surface area contributed by atoms with E-state index in [9.17, 15) is 14.3 Å². The molecule has 4 fully saturated rings. The second-order valence-corrected chi connectivity index (χ2v) is 13.2. The average Bonchev–Trinajstić information content (AvgIpc) is 3.39. The zero-order valence-electron chi connectivity index (χ0n) is 22.0. The molecule has 1 N–H and O–H groups in total. The molecule has 0 aliphatic heterocycles. The van der Waals surface area contributed by atoms with Crippen molar-refractivity contribution in [3.05, 3.63) is 30.2 Å². The number of carbonyl (C=O) groups is 1. The molecule has 0 amide bonds. The van der Waals surface area contributed by atoms with Crippen LogP contribution in [-0.4, -0.2) is 40.0 Å². The second kappa shape index (κ2) is 8.62. The van der Waals surface area contributed by atoms with E-state index in [0.717, 1.165) is 62.5 Å². The van der Waals surface area contributed by atoms with Crippen LogP contribution in [-0.2, 0) is 16.1 Å². The van der Waals surface area contributed by atoms with Gasteiger partial charge in [0.15, 0.2) is 5.78 Å². The first kappa shape index (κ1) is 24.5. The molecule has 6 heteroatoms. The fourth-order valence-corrected chi connectivity index (χ4v) is 9.75. The van der Waals surface area contributed by atoms with Gasteiger partial charge in [0.05, 0.1) is 23.9 Å². The molecule has 6 rings (SSSR count). The van der Waals surface area contributed by atoms with Crippen molar-refractivity contribution < 1.29 is 19.0 Å². The molecule has 4 aliphatic rings. The molecular weight excluding hydrogens is 455 g/mol. The van der Waals surface area contributed by atoms with Gasteiger partial charge in [0.25, 0.3) is 0 Å². The van der Waals surface area contributed by atoms with Gasteiger partial charge >= 0.3 is 0 Å². The van der Waals surface area contributed by atoms with E-state index >= 15 is 0 Å². The van der Waals surface area contributed by atoms with Gasteiger partial charge in [-0.05, 0) is 117 Å². The predicted octanol–water partition coefficient (Wildman–Crippen LogP) is 5.78. The van der Waals surface area contributed by atoms with Crippen molar-refractivity contribution in [1.82, 2.24) is 9.78 Å². The maximum absolute atomic E-state index is 13.7. The van der Waals surface area contributed by atoms with Gasteiger partial charge in [-0.3, -0.25) is 9.48 Å². The maximum atomic E-state index is 13.7. The molecule has 1 heterocycles. The molecule has 2 aromatic rings. The van der Waals surface area contributed by atoms with Crippen LogP contribution >= 0.6 is 0 Å². The summed E-state index contributed by atoms with van der Waals surface area (Å²) in [4.78, 5) is 13.7. The third-order valence-electron chi connectivity index (χ3n) is 11.4. The lowest BCUT2D eigenvalue weighted by atomic mass is 9.43. The third-order valence-corrected chi connectivity index (χ3v) is 11.4. The molecule has 8 atom stereocenters. The van der Waals surface area contributed by atoms with Crippen molar-refractivity contribution in [2.24, 2.45) is 40.4 Å². The molecule has 4 saturated carbocycles. The quantitative estimate of drug-likeness (QED) is 0.570. The molecule has 0 spiro atoms. The number of methoxy groups -OCH3 is 1. The van der Waals surface area contributed by atoms with Crippen LogP contribution in [0.25, 0.3) is 10.9 Å². The number of aromatic nitrogens is 2. The lowest BCUT2D eigenvalue weighted by Gasteiger charge is -2.62. The lowest BCUT2D eigenvalue weighted by molar-refractivity contribution is -0.175. The van der Waals surface area contributed by atoms with Crippen LogP contribution < -0.4 is 0 Å². The van der Waals surface area contributed by atoms with Gasteiger partial charge < -0.3 is 9.84 Å². The highest BCUT2D eigenvalue weighted by molar-refractivity contribution is 5.85. The minimum absolute atomic E-state index is 0.0363. The van der Waals surface area contributed by atoms with Crippen LogP contribution in [0.3, 0.4) is 0 Å². The highest BCUT2D eigenvalue weighted by atomic mass is 19.1. The highest BCUT2D eigenvalue weighted by Crippen LogP contribution is 2.68. The Morgan fingerprint density at radius 3 is 2.78 bits per heavy atom. The van der Waals surface area contributed by atoms with E-state index in [0.29, 0.717) is 23.7 Å². The molecular formula is C30H41FN2O3. The van der Waals surface area contributed by atoms with Crippen LogP contribution in [0.1, 0.15) is 71.6 Å². The van der Waals surface area contributed by atoms with Gasteiger partial charge in [-0.15, -0.1) is 0 Å². The number of ketones is 1. The van der Waals surface area contributed by atoms with Crippen molar-refractivity contribution in [1.29, 1.82) is 0 Å². The van der Waals surface area contributed by atoms with Crippen LogP contribution in [0.2, 0.25) is 0 Å². The highest BCUT2D eigenvalue weighted by Gasteiger charge is 2.63. The van der Waals surface area contributed by atoms with E-state index < -0.39 is 5.60 Å². The molecule has 0 bridgehead atoms. The van der Waals surface area contributed by atoms with Crippen LogP contribution in [0.15, 0.2) is 24.4 Å². The summed E-state index contributed by atoms with van der Waals surface area (Å²) in [5.41, 5.74) is 0.480. The fraction of sp³-hybridized carbons (Fsp3) is 0.733. The van der Waals surface area contributed by atoms with E-state index in [1.54, 1.807) is 16.9 Å². The Morgan fingerprint density at radius 2 is 1.97 bits per heavy atom. The Hall–Kier alpha value is -1.79. The summed E-state index contributed by atoms with van der Waals surface area (Å²) in [6, 6.07) is 4.65. The van der Waals surface area contributed by atoms with Crippen molar-refractivity contribution in [2.45, 2.75) is 83.8 Å². The Balaban J connectivity index is 1.23. The van der Waals surface area contributed by atoms with E-state index in [2.05, 4.69) is 12.0 Å². The molecule has 4 aliphatic carbocycles. The number of rotatable bonds is 5. The van der Waals surface area contributed by atoms with Crippen molar-refractivity contribution >= 4 is 16.7 Å². The molecule has 1 aromatic heterocycles. The molecule has 1 aromatic carbocycles. The Bertz CT molecular complexity index is 1160. The summed E-state index contributed by atoms with van der Waals surface area (Å²) < 4.78 is 21.3. The number of hydrogen-bond acceptors (Lipinski definition) is 4. The van der Waals surface area contributed by atoms with Gasteiger partial charge in [-0.1, -0.05) is 6.92 Å². The summed E-state index contributed by atoms with van der Waals surface area (Å²) in [7, 11) is 1.84. The molecule has 5 nitrogen and oxygen atoms in total. The molecule has 196 valence electrons. The first-order chi connectivity index (χ1) is 17.2. The zero-order valence-corrected chi connectivity index (χ0v) is 22.0. The molecule has 0 unspecified atom stereocenters. The van der Waals surface area contributed by atoms with E-state index in [4.69, 9.17) is 4.74 Å². The van der Waals surface area contributed by atoms with Gasteiger partial charge in [-0.25, -0.2) is 4.39 Å². The fourth-order valence-electron chi connectivity index (χ4n) is 9.75. The number of aliphatic hydroxyl groups is 1. The molecule has 0 saturated heterocycles. The summed E-state index contributed by atoms with van der Waals surface area (Å²) in [5.74, 6) is 2.44. The zero-order chi connectivity index (χ0) is 25.3. The van der Waals surface area contributed by atoms with E-state index in [-0.39, 0.29) is 34.9 Å². The van der Waals surface area contributed by atoms with Crippen LogP contribution in [0.4, 0.5) is 4.39 Å². The van der Waals surface area contributed by atoms with Gasteiger partial charge in [-0.2, -0.15) is 5.10 Å².